The van der Waals surface area contributed by atoms with Gasteiger partial charge >= 0.3 is 5.97 Å². The first-order chi connectivity index (χ1) is 10.1. The zero-order chi connectivity index (χ0) is 14.7. The average Bonchev–Trinajstić information content (AvgIpc) is 3.09. The van der Waals surface area contributed by atoms with Crippen LogP contribution < -0.4 is 0 Å². The summed E-state index contributed by atoms with van der Waals surface area (Å²) in [4.78, 5) is 25.7. The smallest absolute Gasteiger partial charge is 0.321 e. The van der Waals surface area contributed by atoms with Crippen molar-refractivity contribution in [3.8, 4) is 0 Å². The van der Waals surface area contributed by atoms with Crippen LogP contribution in [0.3, 0.4) is 0 Å². The molecule has 2 aliphatic carbocycles. The highest BCUT2D eigenvalue weighted by molar-refractivity contribution is 6.17. The lowest BCUT2D eigenvalue weighted by Crippen LogP contribution is -2.40. The molecule has 1 aromatic rings. The fourth-order valence-corrected chi connectivity index (χ4v) is 4.66. The molecular formula is C18H20O3. The normalized spacial score (nSPS) is 37.0. The van der Waals surface area contributed by atoms with Crippen molar-refractivity contribution >= 4 is 11.8 Å². The Bertz CT molecular complexity index is 600. The van der Waals surface area contributed by atoms with E-state index in [0.717, 1.165) is 24.8 Å². The van der Waals surface area contributed by atoms with Gasteiger partial charge < -0.3 is 4.74 Å². The van der Waals surface area contributed by atoms with E-state index in [1.54, 1.807) is 0 Å². The van der Waals surface area contributed by atoms with Crippen LogP contribution in [-0.2, 0) is 14.3 Å². The number of carbonyl (C=O) groups is 2. The van der Waals surface area contributed by atoms with Crippen molar-refractivity contribution in [1.82, 2.24) is 0 Å². The third-order valence-corrected chi connectivity index (χ3v) is 5.83. The Balaban J connectivity index is 1.73. The Kier molecular flexibility index (Phi) is 2.60. The highest BCUT2D eigenvalue weighted by atomic mass is 16.6. The number of hydrogen-bond acceptors (Lipinski definition) is 3. The molecule has 3 aliphatic rings. The molecule has 0 amide bonds. The van der Waals surface area contributed by atoms with Crippen molar-refractivity contribution in [2.45, 2.75) is 50.5 Å². The topological polar surface area (TPSA) is 43.4 Å². The number of esters is 1. The van der Waals surface area contributed by atoms with Crippen LogP contribution in [0.5, 0.6) is 0 Å². The van der Waals surface area contributed by atoms with Gasteiger partial charge in [-0.15, -0.1) is 0 Å². The Hall–Kier alpha value is -1.64. The number of hydrogen-bond donors (Lipinski definition) is 0. The van der Waals surface area contributed by atoms with Gasteiger partial charge in [0, 0.05) is 5.92 Å². The standard InChI is InChI=1S/C18H20O3/c1-12-14(13-8-4-2-5-9-13)18(12)15(19)17(21-16(18)20)10-6-3-7-11-17/h2,4-5,8-9,12,14H,3,6-7,10-11H2,1H3/t12?,14-,18?/m0/s1. The quantitative estimate of drug-likeness (QED) is 0.587. The summed E-state index contributed by atoms with van der Waals surface area (Å²) in [5, 5.41) is 0. The molecule has 3 fully saturated rings. The molecule has 1 saturated heterocycles. The number of Topliss-reactive ketones (excluding diaryl/α,β-unsaturated/α-hetero) is 1. The van der Waals surface area contributed by atoms with Crippen LogP contribution in [0.4, 0.5) is 0 Å². The molecule has 2 unspecified atom stereocenters. The summed E-state index contributed by atoms with van der Waals surface area (Å²) in [7, 11) is 0. The van der Waals surface area contributed by atoms with E-state index in [1.807, 2.05) is 37.3 Å². The molecule has 0 N–H and O–H groups in total. The van der Waals surface area contributed by atoms with Crippen LogP contribution in [-0.4, -0.2) is 17.4 Å². The van der Waals surface area contributed by atoms with Gasteiger partial charge in [0.1, 0.15) is 5.41 Å². The minimum Gasteiger partial charge on any atom is -0.450 e. The van der Waals surface area contributed by atoms with Crippen molar-refractivity contribution in [3.63, 3.8) is 0 Å². The van der Waals surface area contributed by atoms with E-state index in [1.165, 1.54) is 0 Å². The number of benzene rings is 1. The van der Waals surface area contributed by atoms with Gasteiger partial charge in [-0.3, -0.25) is 9.59 Å². The summed E-state index contributed by atoms with van der Waals surface area (Å²) in [6.07, 6.45) is 4.54. The third kappa shape index (κ3) is 1.49. The maximum Gasteiger partial charge on any atom is 0.321 e. The van der Waals surface area contributed by atoms with Crippen LogP contribution in [0.25, 0.3) is 0 Å². The van der Waals surface area contributed by atoms with E-state index < -0.39 is 11.0 Å². The largest absolute Gasteiger partial charge is 0.450 e. The van der Waals surface area contributed by atoms with Gasteiger partial charge in [0.2, 0.25) is 0 Å². The van der Waals surface area contributed by atoms with Gasteiger partial charge in [0.25, 0.3) is 0 Å². The van der Waals surface area contributed by atoms with Crippen LogP contribution in [0, 0.1) is 11.3 Å². The summed E-state index contributed by atoms with van der Waals surface area (Å²) in [5.41, 5.74) is -0.602. The minimum atomic E-state index is -0.890. The molecule has 1 aromatic carbocycles. The van der Waals surface area contributed by atoms with Gasteiger partial charge in [-0.25, -0.2) is 0 Å². The second-order valence-corrected chi connectivity index (χ2v) is 6.82. The molecule has 3 nitrogen and oxygen atoms in total. The van der Waals surface area contributed by atoms with Crippen LogP contribution in [0.2, 0.25) is 0 Å². The first kappa shape index (κ1) is 13.1. The average molecular weight is 284 g/mol. The highest BCUT2D eigenvalue weighted by Gasteiger charge is 2.80. The molecule has 3 atom stereocenters. The van der Waals surface area contributed by atoms with Gasteiger partial charge in [0.15, 0.2) is 11.4 Å². The highest BCUT2D eigenvalue weighted by Crippen LogP contribution is 2.70. The van der Waals surface area contributed by atoms with E-state index in [0.29, 0.717) is 12.8 Å². The van der Waals surface area contributed by atoms with Crippen molar-refractivity contribution in [2.24, 2.45) is 11.3 Å². The molecule has 1 heterocycles. The molecule has 110 valence electrons. The maximum atomic E-state index is 13.1. The molecule has 3 heteroatoms. The molecule has 1 aliphatic heterocycles. The minimum absolute atomic E-state index is 0.00000142. The van der Waals surface area contributed by atoms with E-state index in [2.05, 4.69) is 0 Å². The predicted molar refractivity (Wildman–Crippen MR) is 77.7 cm³/mol. The van der Waals surface area contributed by atoms with E-state index in [4.69, 9.17) is 4.74 Å². The second-order valence-electron chi connectivity index (χ2n) is 6.82. The van der Waals surface area contributed by atoms with Gasteiger partial charge in [-0.05, 0) is 37.2 Å². The molecule has 0 bridgehead atoms. The zero-order valence-electron chi connectivity index (χ0n) is 12.3. The van der Waals surface area contributed by atoms with Crippen LogP contribution >= 0.6 is 0 Å². The molecule has 0 radical (unpaired) electrons. The second kappa shape index (κ2) is 4.19. The first-order valence-corrected chi connectivity index (χ1v) is 7.96. The Labute approximate surface area is 124 Å². The lowest BCUT2D eigenvalue weighted by molar-refractivity contribution is -0.155. The molecule has 0 aromatic heterocycles. The Morgan fingerprint density at radius 3 is 2.38 bits per heavy atom. The van der Waals surface area contributed by atoms with Crippen molar-refractivity contribution in [1.29, 1.82) is 0 Å². The summed E-state index contributed by atoms with van der Waals surface area (Å²) in [6.45, 7) is 2.01. The monoisotopic (exact) mass is 284 g/mol. The SMILES string of the molecule is CC1[C@@H](c2ccccc2)C12C(=O)OC1(CCCCC1)C2=O. The number of carbonyl (C=O) groups excluding carboxylic acids is 2. The third-order valence-electron chi connectivity index (χ3n) is 5.83. The first-order valence-electron chi connectivity index (χ1n) is 7.96. The fourth-order valence-electron chi connectivity index (χ4n) is 4.66. The van der Waals surface area contributed by atoms with E-state index in [9.17, 15) is 9.59 Å². The molecule has 21 heavy (non-hydrogen) atoms. The summed E-state index contributed by atoms with van der Waals surface area (Å²) < 4.78 is 5.71. The molecule has 2 spiro atoms. The van der Waals surface area contributed by atoms with Crippen molar-refractivity contribution < 1.29 is 14.3 Å². The van der Waals surface area contributed by atoms with E-state index in [-0.39, 0.29) is 23.6 Å². The van der Waals surface area contributed by atoms with Crippen molar-refractivity contribution in [3.05, 3.63) is 35.9 Å². The summed E-state index contributed by atoms with van der Waals surface area (Å²) >= 11 is 0. The zero-order valence-corrected chi connectivity index (χ0v) is 12.3. The predicted octanol–water partition coefficient (Wildman–Crippen LogP) is 3.24. The Morgan fingerprint density at radius 2 is 1.71 bits per heavy atom. The van der Waals surface area contributed by atoms with E-state index >= 15 is 0 Å². The van der Waals surface area contributed by atoms with Gasteiger partial charge in [-0.2, -0.15) is 0 Å². The van der Waals surface area contributed by atoms with Gasteiger partial charge in [-0.1, -0.05) is 43.7 Å². The molecule has 4 rings (SSSR count). The summed E-state index contributed by atoms with van der Waals surface area (Å²) in [5.74, 6) is -0.141. The Morgan fingerprint density at radius 1 is 1.05 bits per heavy atom. The molecule has 2 saturated carbocycles. The number of ketones is 1. The van der Waals surface area contributed by atoms with Gasteiger partial charge in [0.05, 0.1) is 0 Å². The van der Waals surface area contributed by atoms with Crippen LogP contribution in [0.15, 0.2) is 30.3 Å². The molecular weight excluding hydrogens is 264 g/mol. The van der Waals surface area contributed by atoms with Crippen LogP contribution in [0.1, 0.15) is 50.5 Å². The fraction of sp³-hybridized carbons (Fsp3) is 0.556. The number of rotatable bonds is 1. The lowest BCUT2D eigenvalue weighted by Gasteiger charge is -2.30. The maximum absolute atomic E-state index is 13.1. The van der Waals surface area contributed by atoms with Crippen molar-refractivity contribution in [2.75, 3.05) is 0 Å². The lowest BCUT2D eigenvalue weighted by atomic mass is 9.77. The number of ether oxygens (including phenoxy) is 1. The summed E-state index contributed by atoms with van der Waals surface area (Å²) in [6, 6.07) is 9.93.